The number of rotatable bonds is 3. The molecule has 0 atom stereocenters. The molecule has 0 fully saturated rings. The standard InChI is InChI=1S/C24H21Cl2N3O2/c1-24(2,31-14-16-6-4-7-17(25)12-16)11-10-19-21-13-28(3)23(30)22-18(26)8-5-9-20(22)29(21)15-27-19/h4-9,12,15H,13-14H2,1-3H3. The molecule has 0 aliphatic carbocycles. The molecule has 1 aliphatic rings. The maximum absolute atomic E-state index is 12.8. The number of fused-ring (bicyclic) bond motifs is 3. The Labute approximate surface area is 191 Å². The van der Waals surface area contributed by atoms with Gasteiger partial charge in [-0.15, -0.1) is 0 Å². The summed E-state index contributed by atoms with van der Waals surface area (Å²) < 4.78 is 7.88. The average molecular weight is 454 g/mol. The van der Waals surface area contributed by atoms with Crippen LogP contribution in [0.25, 0.3) is 5.69 Å². The Kier molecular flexibility index (Phi) is 5.81. The number of carbonyl (C=O) groups excluding carboxylic acids is 1. The summed E-state index contributed by atoms with van der Waals surface area (Å²) >= 11 is 12.4. The van der Waals surface area contributed by atoms with Gasteiger partial charge < -0.3 is 9.64 Å². The molecule has 158 valence electrons. The fourth-order valence-corrected chi connectivity index (χ4v) is 3.85. The number of aromatic nitrogens is 2. The maximum atomic E-state index is 12.8. The van der Waals surface area contributed by atoms with Crippen LogP contribution in [0.5, 0.6) is 0 Å². The van der Waals surface area contributed by atoms with Gasteiger partial charge in [-0.3, -0.25) is 9.36 Å². The summed E-state index contributed by atoms with van der Waals surface area (Å²) in [7, 11) is 1.74. The van der Waals surface area contributed by atoms with Crippen LogP contribution in [0.2, 0.25) is 10.0 Å². The normalized spacial score (nSPS) is 13.2. The molecule has 1 aliphatic heterocycles. The first-order valence-corrected chi connectivity index (χ1v) is 10.5. The minimum atomic E-state index is -0.702. The quantitative estimate of drug-likeness (QED) is 0.517. The SMILES string of the molecule is CN1Cc2c(C#CC(C)(C)OCc3cccc(Cl)c3)ncn2-c2cccc(Cl)c2C1=O. The zero-order valence-electron chi connectivity index (χ0n) is 17.4. The van der Waals surface area contributed by atoms with Crippen molar-refractivity contribution < 1.29 is 9.53 Å². The van der Waals surface area contributed by atoms with Crippen LogP contribution in [0.4, 0.5) is 0 Å². The number of carbonyl (C=O) groups is 1. The molecule has 0 unspecified atom stereocenters. The highest BCUT2D eigenvalue weighted by molar-refractivity contribution is 6.34. The summed E-state index contributed by atoms with van der Waals surface area (Å²) in [4.78, 5) is 19.0. The van der Waals surface area contributed by atoms with Crippen LogP contribution in [0, 0.1) is 11.8 Å². The van der Waals surface area contributed by atoms with Crippen LogP contribution < -0.4 is 0 Å². The number of amides is 1. The maximum Gasteiger partial charge on any atom is 0.257 e. The second kappa shape index (κ2) is 8.39. The molecule has 5 nitrogen and oxygen atoms in total. The Balaban J connectivity index is 1.63. The van der Waals surface area contributed by atoms with E-state index in [0.29, 0.717) is 40.1 Å². The minimum absolute atomic E-state index is 0.131. The van der Waals surface area contributed by atoms with Gasteiger partial charge in [0.05, 0.1) is 35.1 Å². The summed E-state index contributed by atoms with van der Waals surface area (Å²) in [6, 6.07) is 12.9. The largest absolute Gasteiger partial charge is 0.358 e. The van der Waals surface area contributed by atoms with Crippen molar-refractivity contribution in [3.63, 3.8) is 0 Å². The number of nitrogens with zero attached hydrogens (tertiary/aromatic N) is 3. The third kappa shape index (κ3) is 4.47. The van der Waals surface area contributed by atoms with Crippen molar-refractivity contribution in [3.8, 4) is 17.5 Å². The highest BCUT2D eigenvalue weighted by Gasteiger charge is 2.27. The van der Waals surface area contributed by atoms with E-state index in [4.69, 9.17) is 27.9 Å². The summed E-state index contributed by atoms with van der Waals surface area (Å²) in [6.07, 6.45) is 1.68. The number of benzene rings is 2. The third-order valence-corrected chi connectivity index (χ3v) is 5.59. The third-order valence-electron chi connectivity index (χ3n) is 5.04. The summed E-state index contributed by atoms with van der Waals surface area (Å²) in [6.45, 7) is 4.58. The van der Waals surface area contributed by atoms with E-state index in [2.05, 4.69) is 16.8 Å². The molecule has 0 N–H and O–H groups in total. The van der Waals surface area contributed by atoms with Crippen molar-refractivity contribution in [2.45, 2.75) is 32.6 Å². The lowest BCUT2D eigenvalue weighted by Crippen LogP contribution is -2.25. The predicted molar refractivity (Wildman–Crippen MR) is 122 cm³/mol. The Morgan fingerprint density at radius 1 is 1.19 bits per heavy atom. The number of hydrogen-bond donors (Lipinski definition) is 0. The van der Waals surface area contributed by atoms with Crippen molar-refractivity contribution in [2.75, 3.05) is 7.05 Å². The topological polar surface area (TPSA) is 47.4 Å². The van der Waals surface area contributed by atoms with Gasteiger partial charge in [-0.1, -0.05) is 47.3 Å². The number of hydrogen-bond acceptors (Lipinski definition) is 3. The fraction of sp³-hybridized carbons (Fsp3) is 0.250. The van der Waals surface area contributed by atoms with Crippen LogP contribution in [0.3, 0.4) is 0 Å². The highest BCUT2D eigenvalue weighted by atomic mass is 35.5. The van der Waals surface area contributed by atoms with Crippen molar-refractivity contribution in [1.29, 1.82) is 0 Å². The molecular weight excluding hydrogens is 433 g/mol. The van der Waals surface area contributed by atoms with Crippen molar-refractivity contribution in [3.05, 3.63) is 81.4 Å². The van der Waals surface area contributed by atoms with E-state index < -0.39 is 5.60 Å². The fourth-order valence-electron chi connectivity index (χ4n) is 3.39. The lowest BCUT2D eigenvalue weighted by atomic mass is 10.1. The van der Waals surface area contributed by atoms with Crippen molar-refractivity contribution >= 4 is 29.1 Å². The van der Waals surface area contributed by atoms with Gasteiger partial charge in [-0.2, -0.15) is 0 Å². The molecule has 0 radical (unpaired) electrons. The summed E-state index contributed by atoms with van der Waals surface area (Å²) in [5, 5.41) is 1.09. The monoisotopic (exact) mass is 453 g/mol. The Morgan fingerprint density at radius 3 is 2.74 bits per heavy atom. The van der Waals surface area contributed by atoms with Gasteiger partial charge in [-0.25, -0.2) is 4.98 Å². The van der Waals surface area contributed by atoms with Gasteiger partial charge in [0.25, 0.3) is 5.91 Å². The van der Waals surface area contributed by atoms with E-state index in [1.165, 1.54) is 0 Å². The van der Waals surface area contributed by atoms with E-state index in [1.807, 2.05) is 54.8 Å². The molecule has 2 aromatic carbocycles. The Hall–Kier alpha value is -2.78. The molecule has 1 aromatic heterocycles. The Morgan fingerprint density at radius 2 is 1.97 bits per heavy atom. The molecule has 4 rings (SSSR count). The molecule has 0 bridgehead atoms. The molecule has 0 spiro atoms. The van der Waals surface area contributed by atoms with Crippen molar-refractivity contribution in [1.82, 2.24) is 14.5 Å². The first-order valence-electron chi connectivity index (χ1n) is 9.77. The minimum Gasteiger partial charge on any atom is -0.358 e. The van der Waals surface area contributed by atoms with Gasteiger partial charge in [-0.05, 0) is 49.6 Å². The van der Waals surface area contributed by atoms with E-state index in [-0.39, 0.29) is 5.91 Å². The zero-order chi connectivity index (χ0) is 22.2. The average Bonchev–Trinajstić information content (AvgIpc) is 3.08. The zero-order valence-corrected chi connectivity index (χ0v) is 19.0. The van der Waals surface area contributed by atoms with Crippen molar-refractivity contribution in [2.24, 2.45) is 0 Å². The van der Waals surface area contributed by atoms with E-state index in [1.54, 1.807) is 24.3 Å². The lowest BCUT2D eigenvalue weighted by molar-refractivity contribution is 0.0144. The predicted octanol–water partition coefficient (Wildman–Crippen LogP) is 5.11. The molecule has 3 aromatic rings. The van der Waals surface area contributed by atoms with Gasteiger partial charge in [0, 0.05) is 12.1 Å². The van der Waals surface area contributed by atoms with Crippen LogP contribution in [-0.2, 0) is 17.9 Å². The Bertz CT molecular complexity index is 1220. The van der Waals surface area contributed by atoms with E-state index >= 15 is 0 Å². The molecule has 2 heterocycles. The first kappa shape index (κ1) is 21.5. The molecule has 0 saturated heterocycles. The van der Waals surface area contributed by atoms with Gasteiger partial charge in [0.1, 0.15) is 17.6 Å². The second-order valence-corrected chi connectivity index (χ2v) is 8.73. The number of ether oxygens (including phenoxy) is 1. The molecular formula is C24H21Cl2N3O2. The summed E-state index contributed by atoms with van der Waals surface area (Å²) in [5.74, 6) is 6.18. The molecule has 31 heavy (non-hydrogen) atoms. The van der Waals surface area contributed by atoms with Gasteiger partial charge >= 0.3 is 0 Å². The highest BCUT2D eigenvalue weighted by Crippen LogP contribution is 2.30. The van der Waals surface area contributed by atoms with E-state index in [0.717, 1.165) is 11.3 Å². The van der Waals surface area contributed by atoms with Crippen LogP contribution in [-0.4, -0.2) is 33.0 Å². The molecule has 7 heteroatoms. The smallest absolute Gasteiger partial charge is 0.257 e. The second-order valence-electron chi connectivity index (χ2n) is 7.88. The lowest BCUT2D eigenvalue weighted by Gasteiger charge is -2.19. The summed E-state index contributed by atoms with van der Waals surface area (Å²) in [5.41, 5.74) is 2.88. The first-order chi connectivity index (χ1) is 14.7. The van der Waals surface area contributed by atoms with Crippen LogP contribution in [0.15, 0.2) is 48.8 Å². The van der Waals surface area contributed by atoms with Gasteiger partial charge in [0.15, 0.2) is 0 Å². The number of halogens is 2. The molecule has 1 amide bonds. The van der Waals surface area contributed by atoms with E-state index in [9.17, 15) is 4.79 Å². The molecule has 0 saturated carbocycles. The van der Waals surface area contributed by atoms with Crippen LogP contribution >= 0.6 is 23.2 Å². The van der Waals surface area contributed by atoms with Gasteiger partial charge in [0.2, 0.25) is 0 Å². The van der Waals surface area contributed by atoms with Crippen LogP contribution in [0.1, 0.15) is 41.2 Å². The number of imidazole rings is 1.